The van der Waals surface area contributed by atoms with Crippen molar-refractivity contribution in [3.8, 4) is 0 Å². The molecule has 0 aromatic rings. The van der Waals surface area contributed by atoms with E-state index in [0.29, 0.717) is 11.6 Å². The molecule has 1 aliphatic heterocycles. The molecule has 0 radical (unpaired) electrons. The molecule has 0 amide bonds. The number of rotatable bonds is 3. The maximum absolute atomic E-state index is 3.72. The van der Waals surface area contributed by atoms with Crippen LogP contribution in [-0.4, -0.2) is 36.1 Å². The summed E-state index contributed by atoms with van der Waals surface area (Å²) in [4.78, 5) is 2.83. The van der Waals surface area contributed by atoms with Gasteiger partial charge in [0, 0.05) is 24.7 Å². The molecule has 1 heterocycles. The zero-order valence-corrected chi connectivity index (χ0v) is 12.0. The average Bonchev–Trinajstić information content (AvgIpc) is 2.32. The molecule has 2 rings (SSSR count). The van der Waals surface area contributed by atoms with Gasteiger partial charge in [-0.25, -0.2) is 0 Å². The third kappa shape index (κ3) is 3.23. The summed E-state index contributed by atoms with van der Waals surface area (Å²) in [5.74, 6) is 0.834. The van der Waals surface area contributed by atoms with E-state index in [2.05, 4.69) is 31.0 Å². The lowest BCUT2D eigenvalue weighted by Gasteiger charge is -2.52. The Bertz CT molecular complexity index is 231. The molecule has 2 aliphatic rings. The van der Waals surface area contributed by atoms with E-state index >= 15 is 0 Å². The molecule has 1 unspecified atom stereocenters. The van der Waals surface area contributed by atoms with E-state index < -0.39 is 0 Å². The fourth-order valence-corrected chi connectivity index (χ4v) is 3.51. The second-order valence-corrected chi connectivity index (χ2v) is 6.70. The minimum Gasteiger partial charge on any atom is -0.311 e. The highest BCUT2D eigenvalue weighted by atomic mass is 15.3. The van der Waals surface area contributed by atoms with Gasteiger partial charge in [0.15, 0.2) is 0 Å². The Morgan fingerprint density at radius 3 is 2.59 bits per heavy atom. The number of nitrogens with one attached hydrogen (secondary N) is 1. The van der Waals surface area contributed by atoms with Crippen molar-refractivity contribution < 1.29 is 0 Å². The summed E-state index contributed by atoms with van der Waals surface area (Å²) in [6.07, 6.45) is 8.53. The highest BCUT2D eigenvalue weighted by Gasteiger charge is 2.40. The molecular formula is C15H30N2. The Morgan fingerprint density at radius 1 is 1.24 bits per heavy atom. The Labute approximate surface area is 107 Å². The lowest BCUT2D eigenvalue weighted by atomic mass is 9.78. The van der Waals surface area contributed by atoms with Crippen LogP contribution in [-0.2, 0) is 0 Å². The molecule has 1 aliphatic carbocycles. The van der Waals surface area contributed by atoms with Crippen LogP contribution in [0.5, 0.6) is 0 Å². The molecule has 2 fully saturated rings. The van der Waals surface area contributed by atoms with Gasteiger partial charge in [-0.2, -0.15) is 0 Å². The zero-order chi connectivity index (χ0) is 12.3. The standard InChI is InChI=1S/C15H30N2/c1-13(2)7-10-17-11-14(3)16-12-15(17)8-5-4-6-9-15/h13-14,16H,4-12H2,1-3H3. The van der Waals surface area contributed by atoms with Crippen molar-refractivity contribution in [3.63, 3.8) is 0 Å². The highest BCUT2D eigenvalue weighted by Crippen LogP contribution is 2.35. The summed E-state index contributed by atoms with van der Waals surface area (Å²) in [5.41, 5.74) is 0.514. The lowest BCUT2D eigenvalue weighted by molar-refractivity contribution is 0.00979. The smallest absolute Gasteiger partial charge is 0.0334 e. The van der Waals surface area contributed by atoms with Crippen molar-refractivity contribution in [1.29, 1.82) is 0 Å². The summed E-state index contributed by atoms with van der Waals surface area (Å²) in [7, 11) is 0. The molecule has 1 atom stereocenters. The molecule has 1 saturated heterocycles. The topological polar surface area (TPSA) is 15.3 Å². The van der Waals surface area contributed by atoms with Gasteiger partial charge in [0.05, 0.1) is 0 Å². The maximum atomic E-state index is 3.72. The van der Waals surface area contributed by atoms with Crippen LogP contribution in [0.3, 0.4) is 0 Å². The van der Waals surface area contributed by atoms with Crippen molar-refractivity contribution in [3.05, 3.63) is 0 Å². The minimum absolute atomic E-state index is 0.514. The van der Waals surface area contributed by atoms with Crippen molar-refractivity contribution in [2.24, 2.45) is 5.92 Å². The van der Waals surface area contributed by atoms with Gasteiger partial charge in [-0.1, -0.05) is 33.1 Å². The molecule has 0 bridgehead atoms. The monoisotopic (exact) mass is 238 g/mol. The summed E-state index contributed by atoms with van der Waals surface area (Å²) < 4.78 is 0. The third-order valence-electron chi connectivity index (χ3n) is 4.71. The van der Waals surface area contributed by atoms with E-state index in [4.69, 9.17) is 0 Å². The van der Waals surface area contributed by atoms with Gasteiger partial charge < -0.3 is 5.32 Å². The van der Waals surface area contributed by atoms with Crippen LogP contribution in [0.15, 0.2) is 0 Å². The second-order valence-electron chi connectivity index (χ2n) is 6.70. The summed E-state index contributed by atoms with van der Waals surface area (Å²) in [6, 6.07) is 0.676. The SMILES string of the molecule is CC(C)CCN1CC(C)NCC12CCCCC2. The lowest BCUT2D eigenvalue weighted by Crippen LogP contribution is -2.64. The Kier molecular flexibility index (Phi) is 4.48. The molecule has 1 saturated carbocycles. The van der Waals surface area contributed by atoms with Crippen LogP contribution in [0.1, 0.15) is 59.3 Å². The molecular weight excluding hydrogens is 208 g/mol. The average molecular weight is 238 g/mol. The number of piperazine rings is 1. The molecule has 1 spiro atoms. The van der Waals surface area contributed by atoms with Crippen LogP contribution in [0, 0.1) is 5.92 Å². The fourth-order valence-electron chi connectivity index (χ4n) is 3.51. The van der Waals surface area contributed by atoms with Crippen molar-refractivity contribution >= 4 is 0 Å². The fraction of sp³-hybridized carbons (Fsp3) is 1.00. The predicted molar refractivity (Wildman–Crippen MR) is 74.3 cm³/mol. The van der Waals surface area contributed by atoms with Crippen LogP contribution in [0.25, 0.3) is 0 Å². The van der Waals surface area contributed by atoms with Crippen LogP contribution >= 0.6 is 0 Å². The van der Waals surface area contributed by atoms with E-state index in [1.54, 1.807) is 0 Å². The van der Waals surface area contributed by atoms with Gasteiger partial charge in [-0.15, -0.1) is 0 Å². The van der Waals surface area contributed by atoms with Crippen molar-refractivity contribution in [1.82, 2.24) is 10.2 Å². The Hall–Kier alpha value is -0.0800. The van der Waals surface area contributed by atoms with E-state index in [1.165, 1.54) is 58.2 Å². The van der Waals surface area contributed by atoms with Crippen LogP contribution in [0.4, 0.5) is 0 Å². The van der Waals surface area contributed by atoms with Crippen molar-refractivity contribution in [2.45, 2.75) is 70.9 Å². The Morgan fingerprint density at radius 2 is 1.94 bits per heavy atom. The first-order valence-corrected chi connectivity index (χ1v) is 7.61. The molecule has 100 valence electrons. The first-order chi connectivity index (χ1) is 8.12. The van der Waals surface area contributed by atoms with Crippen LogP contribution < -0.4 is 5.32 Å². The summed E-state index contributed by atoms with van der Waals surface area (Å²) in [6.45, 7) is 10.8. The van der Waals surface area contributed by atoms with Gasteiger partial charge in [-0.3, -0.25) is 4.90 Å². The van der Waals surface area contributed by atoms with E-state index in [-0.39, 0.29) is 0 Å². The first-order valence-electron chi connectivity index (χ1n) is 7.61. The van der Waals surface area contributed by atoms with Gasteiger partial charge in [-0.05, 0) is 38.6 Å². The molecule has 2 heteroatoms. The van der Waals surface area contributed by atoms with Gasteiger partial charge in [0.1, 0.15) is 0 Å². The number of hydrogen-bond acceptors (Lipinski definition) is 2. The molecule has 17 heavy (non-hydrogen) atoms. The van der Waals surface area contributed by atoms with Crippen LogP contribution in [0.2, 0.25) is 0 Å². The normalized spacial score (nSPS) is 30.0. The molecule has 2 nitrogen and oxygen atoms in total. The van der Waals surface area contributed by atoms with Gasteiger partial charge in [0.25, 0.3) is 0 Å². The third-order valence-corrected chi connectivity index (χ3v) is 4.71. The molecule has 1 N–H and O–H groups in total. The minimum atomic E-state index is 0.514. The summed E-state index contributed by atoms with van der Waals surface area (Å²) in [5, 5.41) is 3.72. The number of nitrogens with zero attached hydrogens (tertiary/aromatic N) is 1. The quantitative estimate of drug-likeness (QED) is 0.813. The van der Waals surface area contributed by atoms with E-state index in [1.807, 2.05) is 0 Å². The summed E-state index contributed by atoms with van der Waals surface area (Å²) >= 11 is 0. The largest absolute Gasteiger partial charge is 0.311 e. The number of hydrogen-bond donors (Lipinski definition) is 1. The van der Waals surface area contributed by atoms with E-state index in [9.17, 15) is 0 Å². The van der Waals surface area contributed by atoms with Gasteiger partial charge >= 0.3 is 0 Å². The highest BCUT2D eigenvalue weighted by molar-refractivity contribution is 4.99. The Balaban J connectivity index is 1.99. The van der Waals surface area contributed by atoms with E-state index in [0.717, 1.165) is 5.92 Å². The maximum Gasteiger partial charge on any atom is 0.0334 e. The van der Waals surface area contributed by atoms with Crippen molar-refractivity contribution in [2.75, 3.05) is 19.6 Å². The zero-order valence-electron chi connectivity index (χ0n) is 12.0. The predicted octanol–water partition coefficient (Wildman–Crippen LogP) is 3.03. The second kappa shape index (κ2) is 5.71. The first kappa shape index (κ1) is 13.4. The van der Waals surface area contributed by atoms with Gasteiger partial charge in [0.2, 0.25) is 0 Å². The molecule has 0 aromatic heterocycles. The molecule has 0 aromatic carbocycles.